The normalized spacial score (nSPS) is 12.1. The topological polar surface area (TPSA) is 85.3 Å². The Morgan fingerprint density at radius 2 is 1.58 bits per heavy atom. The lowest BCUT2D eigenvalue weighted by molar-refractivity contribution is -0.134. The van der Waals surface area contributed by atoms with Gasteiger partial charge in [-0.15, -0.1) is 0 Å². The van der Waals surface area contributed by atoms with E-state index in [0.29, 0.717) is 17.7 Å². The van der Waals surface area contributed by atoms with Crippen molar-refractivity contribution < 1.29 is 28.9 Å². The quantitative estimate of drug-likeness (QED) is 0.502. The second kappa shape index (κ2) is 10.8. The van der Waals surface area contributed by atoms with Crippen molar-refractivity contribution in [2.24, 2.45) is 0 Å². The van der Waals surface area contributed by atoms with Gasteiger partial charge in [-0.25, -0.2) is 4.79 Å². The van der Waals surface area contributed by atoms with Crippen LogP contribution in [0.5, 0.6) is 11.5 Å². The Hall–Kier alpha value is -3.06. The van der Waals surface area contributed by atoms with Crippen LogP contribution in [0.4, 0.5) is 4.79 Å². The molecular formula is C24H31NO6. The highest BCUT2D eigenvalue weighted by Crippen LogP contribution is 2.20. The van der Waals surface area contributed by atoms with Gasteiger partial charge in [0.15, 0.2) is 0 Å². The lowest BCUT2D eigenvalue weighted by Crippen LogP contribution is -2.36. The smallest absolute Gasteiger partial charge is 0.410 e. The second-order valence-corrected chi connectivity index (χ2v) is 8.27. The van der Waals surface area contributed by atoms with Gasteiger partial charge in [0, 0.05) is 13.5 Å². The molecule has 0 spiro atoms. The molecule has 1 atom stereocenters. The Bertz CT molecular complexity index is 855. The van der Waals surface area contributed by atoms with Crippen LogP contribution in [-0.2, 0) is 16.0 Å². The summed E-state index contributed by atoms with van der Waals surface area (Å²) in [6, 6.07) is 14.1. The lowest BCUT2D eigenvalue weighted by Gasteiger charge is -2.26. The molecule has 0 aliphatic rings. The minimum absolute atomic E-state index is 0.0793. The Balaban J connectivity index is 1.83. The number of hydrogen-bond donors (Lipinski definition) is 1. The third kappa shape index (κ3) is 8.30. The van der Waals surface area contributed by atoms with Crippen LogP contribution in [0.1, 0.15) is 44.4 Å². The molecule has 1 N–H and O–H groups in total. The predicted octanol–water partition coefficient (Wildman–Crippen LogP) is 4.13. The summed E-state index contributed by atoms with van der Waals surface area (Å²) in [6.45, 7) is 5.43. The van der Waals surface area contributed by atoms with Gasteiger partial charge < -0.3 is 24.2 Å². The molecule has 0 saturated carbocycles. The number of ether oxygens (including phenoxy) is 3. The van der Waals surface area contributed by atoms with Crippen LogP contribution < -0.4 is 9.47 Å². The summed E-state index contributed by atoms with van der Waals surface area (Å²) < 4.78 is 15.8. The van der Waals surface area contributed by atoms with Gasteiger partial charge in [0.05, 0.1) is 19.8 Å². The maximum Gasteiger partial charge on any atom is 0.410 e. The maximum absolute atomic E-state index is 12.1. The summed E-state index contributed by atoms with van der Waals surface area (Å²) in [4.78, 5) is 25.5. The van der Waals surface area contributed by atoms with Crippen LogP contribution in [0.15, 0.2) is 48.5 Å². The molecule has 0 bridgehead atoms. The van der Waals surface area contributed by atoms with Crippen LogP contribution in [0.25, 0.3) is 0 Å². The van der Waals surface area contributed by atoms with E-state index >= 15 is 0 Å². The third-order valence-electron chi connectivity index (χ3n) is 4.43. The number of amides is 1. The van der Waals surface area contributed by atoms with E-state index in [1.807, 2.05) is 24.3 Å². The molecule has 0 fully saturated rings. The third-order valence-corrected chi connectivity index (χ3v) is 4.43. The van der Waals surface area contributed by atoms with Crippen molar-refractivity contribution in [3.63, 3.8) is 0 Å². The fourth-order valence-corrected chi connectivity index (χ4v) is 2.76. The fourth-order valence-electron chi connectivity index (χ4n) is 2.76. The molecule has 168 valence electrons. The summed E-state index contributed by atoms with van der Waals surface area (Å²) in [6.07, 6.45) is -0.583. The summed E-state index contributed by atoms with van der Waals surface area (Å²) in [5, 5.41) is 10.4. The van der Waals surface area contributed by atoms with E-state index in [1.165, 1.54) is 4.90 Å². The summed E-state index contributed by atoms with van der Waals surface area (Å²) in [7, 11) is 3.17. The number of esters is 1. The van der Waals surface area contributed by atoms with Crippen LogP contribution >= 0.6 is 0 Å². The molecule has 1 unspecified atom stereocenters. The molecule has 7 nitrogen and oxygen atoms in total. The van der Waals surface area contributed by atoms with E-state index in [2.05, 4.69) is 0 Å². The SMILES string of the molecule is COc1ccc(CCC(=O)Oc2ccc(C(O)CN(C)C(=O)OC(C)(C)C)cc2)cc1. The van der Waals surface area contributed by atoms with Gasteiger partial charge in [-0.1, -0.05) is 24.3 Å². The zero-order valence-corrected chi connectivity index (χ0v) is 18.8. The van der Waals surface area contributed by atoms with Gasteiger partial charge in [0.1, 0.15) is 17.1 Å². The molecule has 1 amide bonds. The first kappa shape index (κ1) is 24.2. The monoisotopic (exact) mass is 429 g/mol. The van der Waals surface area contributed by atoms with Gasteiger partial charge in [-0.2, -0.15) is 0 Å². The lowest BCUT2D eigenvalue weighted by atomic mass is 10.1. The van der Waals surface area contributed by atoms with Crippen LogP contribution in [-0.4, -0.2) is 48.4 Å². The van der Waals surface area contributed by atoms with Gasteiger partial charge in [-0.05, 0) is 62.6 Å². The van der Waals surface area contributed by atoms with E-state index in [1.54, 1.807) is 59.2 Å². The second-order valence-electron chi connectivity index (χ2n) is 8.27. The first-order chi connectivity index (χ1) is 14.6. The Morgan fingerprint density at radius 1 is 1.00 bits per heavy atom. The molecule has 31 heavy (non-hydrogen) atoms. The van der Waals surface area contributed by atoms with Crippen LogP contribution in [0.3, 0.4) is 0 Å². The first-order valence-electron chi connectivity index (χ1n) is 10.1. The molecular weight excluding hydrogens is 398 g/mol. The average Bonchev–Trinajstić information content (AvgIpc) is 2.71. The van der Waals surface area contributed by atoms with E-state index in [0.717, 1.165) is 11.3 Å². The molecule has 0 saturated heterocycles. The van der Waals surface area contributed by atoms with Crippen molar-refractivity contribution >= 4 is 12.1 Å². The van der Waals surface area contributed by atoms with Gasteiger partial charge in [-0.3, -0.25) is 4.79 Å². The van der Waals surface area contributed by atoms with Crippen molar-refractivity contribution in [2.45, 2.75) is 45.3 Å². The number of nitrogens with zero attached hydrogens (tertiary/aromatic N) is 1. The van der Waals surface area contributed by atoms with E-state index in [9.17, 15) is 14.7 Å². The van der Waals surface area contributed by atoms with Crippen LogP contribution in [0, 0.1) is 0 Å². The number of methoxy groups -OCH3 is 1. The predicted molar refractivity (Wildman–Crippen MR) is 117 cm³/mol. The molecule has 0 aliphatic carbocycles. The van der Waals surface area contributed by atoms with E-state index in [-0.39, 0.29) is 18.9 Å². The van der Waals surface area contributed by atoms with Gasteiger partial charge in [0.2, 0.25) is 0 Å². The standard InChI is InChI=1S/C24H31NO6/c1-24(2,3)31-23(28)25(4)16-21(26)18-9-13-20(14-10-18)30-22(27)15-8-17-6-11-19(29-5)12-7-17/h6-7,9-14,21,26H,8,15-16H2,1-5H3. The van der Waals surface area contributed by atoms with E-state index < -0.39 is 17.8 Å². The molecule has 0 aliphatic heterocycles. The minimum Gasteiger partial charge on any atom is -0.497 e. The van der Waals surface area contributed by atoms with Crippen molar-refractivity contribution in [1.82, 2.24) is 4.90 Å². The number of aliphatic hydroxyl groups excluding tert-OH is 1. The number of aliphatic hydroxyl groups is 1. The summed E-state index contributed by atoms with van der Waals surface area (Å²) in [5.74, 6) is 0.829. The molecule has 2 aromatic rings. The largest absolute Gasteiger partial charge is 0.497 e. The number of aryl methyl sites for hydroxylation is 1. The number of carbonyl (C=O) groups excluding carboxylic acids is 2. The highest BCUT2D eigenvalue weighted by atomic mass is 16.6. The number of likely N-dealkylation sites (N-methyl/N-ethyl adjacent to an activating group) is 1. The number of hydrogen-bond acceptors (Lipinski definition) is 6. The summed E-state index contributed by atoms with van der Waals surface area (Å²) in [5.41, 5.74) is 1.02. The molecule has 0 radical (unpaired) electrons. The molecule has 0 aromatic heterocycles. The Morgan fingerprint density at radius 3 is 2.13 bits per heavy atom. The van der Waals surface area contributed by atoms with Crippen LogP contribution in [0.2, 0.25) is 0 Å². The van der Waals surface area contributed by atoms with Gasteiger partial charge >= 0.3 is 12.1 Å². The van der Waals surface area contributed by atoms with Gasteiger partial charge in [0.25, 0.3) is 0 Å². The fraction of sp³-hybridized carbons (Fsp3) is 0.417. The van der Waals surface area contributed by atoms with Crippen molar-refractivity contribution in [3.8, 4) is 11.5 Å². The van der Waals surface area contributed by atoms with E-state index in [4.69, 9.17) is 14.2 Å². The molecule has 2 rings (SSSR count). The number of benzene rings is 2. The highest BCUT2D eigenvalue weighted by Gasteiger charge is 2.22. The maximum atomic E-state index is 12.1. The molecule has 0 heterocycles. The molecule has 2 aromatic carbocycles. The zero-order valence-electron chi connectivity index (χ0n) is 18.8. The number of rotatable bonds is 8. The van der Waals surface area contributed by atoms with Crippen molar-refractivity contribution in [3.05, 3.63) is 59.7 Å². The van der Waals surface area contributed by atoms with Crippen molar-refractivity contribution in [2.75, 3.05) is 20.7 Å². The Labute approximate surface area is 183 Å². The van der Waals surface area contributed by atoms with Crippen molar-refractivity contribution in [1.29, 1.82) is 0 Å². The average molecular weight is 430 g/mol. The zero-order chi connectivity index (χ0) is 23.0. The summed E-state index contributed by atoms with van der Waals surface area (Å²) >= 11 is 0. The first-order valence-corrected chi connectivity index (χ1v) is 10.1. The number of carbonyl (C=O) groups is 2. The minimum atomic E-state index is -0.891. The Kier molecular flexibility index (Phi) is 8.45. The highest BCUT2D eigenvalue weighted by molar-refractivity contribution is 5.72. The molecule has 7 heteroatoms.